The molecule has 5 nitrogen and oxygen atoms in total. The summed E-state index contributed by atoms with van der Waals surface area (Å²) in [5.41, 5.74) is 6.59. The Bertz CT molecular complexity index is 512. The van der Waals surface area contributed by atoms with E-state index in [2.05, 4.69) is 21.0 Å². The molecule has 0 fully saturated rings. The fourth-order valence-electron chi connectivity index (χ4n) is 1.57. The van der Waals surface area contributed by atoms with E-state index in [0.29, 0.717) is 5.82 Å². The van der Waals surface area contributed by atoms with Crippen LogP contribution in [0.1, 0.15) is 0 Å². The summed E-state index contributed by atoms with van der Waals surface area (Å²) in [6.07, 6.45) is -0.832. The molecule has 0 aliphatic rings. The predicted octanol–water partition coefficient (Wildman–Crippen LogP) is 0.734. The normalized spacial score (nSPS) is 13.2. The maximum absolute atomic E-state index is 9.39. The Morgan fingerprint density at radius 1 is 1.50 bits per heavy atom. The molecule has 2 rings (SSSR count). The van der Waals surface area contributed by atoms with Crippen LogP contribution in [0.15, 0.2) is 22.7 Å². The van der Waals surface area contributed by atoms with Gasteiger partial charge in [0.25, 0.3) is 0 Å². The molecule has 6 heteroatoms. The van der Waals surface area contributed by atoms with Crippen molar-refractivity contribution >= 4 is 32.7 Å². The highest BCUT2D eigenvalue weighted by Gasteiger charge is 2.11. The summed E-state index contributed by atoms with van der Waals surface area (Å²) in [7, 11) is 0. The average Bonchev–Trinajstić information content (AvgIpc) is 2.55. The van der Waals surface area contributed by atoms with E-state index in [1.807, 2.05) is 18.2 Å². The zero-order valence-corrected chi connectivity index (χ0v) is 10.1. The Kier molecular flexibility index (Phi) is 3.13. The molecule has 0 amide bonds. The summed E-state index contributed by atoms with van der Waals surface area (Å²) >= 11 is 3.37. The highest BCUT2D eigenvalue weighted by molar-refractivity contribution is 9.10. The van der Waals surface area contributed by atoms with Crippen molar-refractivity contribution in [3.63, 3.8) is 0 Å². The molecule has 1 aromatic heterocycles. The second-order valence-electron chi connectivity index (χ2n) is 3.57. The van der Waals surface area contributed by atoms with Gasteiger partial charge in [-0.15, -0.1) is 0 Å². The molecule has 2 aromatic rings. The van der Waals surface area contributed by atoms with Crippen LogP contribution in [0.25, 0.3) is 10.9 Å². The van der Waals surface area contributed by atoms with Gasteiger partial charge in [-0.2, -0.15) is 5.10 Å². The second kappa shape index (κ2) is 4.40. The molecule has 0 radical (unpaired) electrons. The van der Waals surface area contributed by atoms with Crippen LogP contribution in [0.4, 0.5) is 5.82 Å². The minimum atomic E-state index is -0.832. The Hall–Kier alpha value is -1.11. The van der Waals surface area contributed by atoms with Crippen LogP contribution in [0.5, 0.6) is 0 Å². The lowest BCUT2D eigenvalue weighted by atomic mass is 10.2. The van der Waals surface area contributed by atoms with Gasteiger partial charge in [0.2, 0.25) is 0 Å². The summed E-state index contributed by atoms with van der Waals surface area (Å²) in [6, 6.07) is 5.62. The number of halogens is 1. The molecule has 1 unspecified atom stereocenters. The summed E-state index contributed by atoms with van der Waals surface area (Å²) in [5.74, 6) is 0.424. The Morgan fingerprint density at radius 2 is 2.25 bits per heavy atom. The zero-order chi connectivity index (χ0) is 11.7. The van der Waals surface area contributed by atoms with Crippen molar-refractivity contribution in [3.8, 4) is 0 Å². The largest absolute Gasteiger partial charge is 0.394 e. The van der Waals surface area contributed by atoms with E-state index >= 15 is 0 Å². The topological polar surface area (TPSA) is 84.3 Å². The van der Waals surface area contributed by atoms with Crippen molar-refractivity contribution in [3.05, 3.63) is 22.7 Å². The molecule has 86 valence electrons. The lowest BCUT2D eigenvalue weighted by Crippen LogP contribution is -2.20. The maximum Gasteiger partial charge on any atom is 0.153 e. The number of nitrogen functional groups attached to an aromatic ring is 1. The first-order valence-electron chi connectivity index (χ1n) is 4.82. The van der Waals surface area contributed by atoms with Gasteiger partial charge in [0.1, 0.15) is 0 Å². The quantitative estimate of drug-likeness (QED) is 0.776. The maximum atomic E-state index is 9.39. The summed E-state index contributed by atoms with van der Waals surface area (Å²) < 4.78 is 2.51. The summed E-state index contributed by atoms with van der Waals surface area (Å²) in [4.78, 5) is 0. The van der Waals surface area contributed by atoms with Crippen molar-refractivity contribution in [1.29, 1.82) is 0 Å². The van der Waals surface area contributed by atoms with Crippen molar-refractivity contribution < 1.29 is 10.2 Å². The van der Waals surface area contributed by atoms with E-state index < -0.39 is 6.10 Å². The van der Waals surface area contributed by atoms with Crippen LogP contribution < -0.4 is 5.73 Å². The predicted molar refractivity (Wildman–Crippen MR) is 64.9 cm³/mol. The Morgan fingerprint density at radius 3 is 2.94 bits per heavy atom. The number of rotatable bonds is 3. The standard InChI is InChI=1S/C10H12BrN3O2/c11-6-1-2-8-9(3-6)14(13-10(8)12)4-7(16)5-15/h1-3,7,15-16H,4-5H2,(H2,12,13). The minimum Gasteiger partial charge on any atom is -0.394 e. The fourth-order valence-corrected chi connectivity index (χ4v) is 1.92. The Labute approximate surface area is 101 Å². The molecule has 16 heavy (non-hydrogen) atoms. The number of hydrogen-bond acceptors (Lipinski definition) is 4. The number of aliphatic hydroxyl groups excluding tert-OH is 2. The molecule has 0 spiro atoms. The molecular weight excluding hydrogens is 274 g/mol. The van der Waals surface area contributed by atoms with Crippen molar-refractivity contribution in [2.45, 2.75) is 12.6 Å². The number of benzene rings is 1. The highest BCUT2D eigenvalue weighted by atomic mass is 79.9. The van der Waals surface area contributed by atoms with E-state index in [9.17, 15) is 5.11 Å². The van der Waals surface area contributed by atoms with Crippen LogP contribution >= 0.6 is 15.9 Å². The van der Waals surface area contributed by atoms with Crippen LogP contribution in [0.2, 0.25) is 0 Å². The summed E-state index contributed by atoms with van der Waals surface area (Å²) in [6.45, 7) is -0.0735. The van der Waals surface area contributed by atoms with E-state index in [1.165, 1.54) is 0 Å². The third kappa shape index (κ3) is 2.04. The lowest BCUT2D eigenvalue weighted by molar-refractivity contribution is 0.0794. The molecular formula is C10H12BrN3O2. The molecule has 0 saturated carbocycles. The highest BCUT2D eigenvalue weighted by Crippen LogP contribution is 2.24. The third-order valence-electron chi connectivity index (χ3n) is 2.34. The van der Waals surface area contributed by atoms with Gasteiger partial charge in [0.05, 0.1) is 24.8 Å². The SMILES string of the molecule is Nc1nn(CC(O)CO)c2cc(Br)ccc12. The fraction of sp³-hybridized carbons (Fsp3) is 0.300. The number of aromatic nitrogens is 2. The number of anilines is 1. The van der Waals surface area contributed by atoms with E-state index in [0.717, 1.165) is 15.4 Å². The zero-order valence-electron chi connectivity index (χ0n) is 8.47. The van der Waals surface area contributed by atoms with Gasteiger partial charge in [-0.3, -0.25) is 4.68 Å². The number of nitrogens with zero attached hydrogens (tertiary/aromatic N) is 2. The van der Waals surface area contributed by atoms with Gasteiger partial charge in [-0.1, -0.05) is 15.9 Å². The monoisotopic (exact) mass is 285 g/mol. The lowest BCUT2D eigenvalue weighted by Gasteiger charge is -2.07. The van der Waals surface area contributed by atoms with Gasteiger partial charge >= 0.3 is 0 Å². The molecule has 1 atom stereocenters. The first kappa shape index (κ1) is 11.4. The molecule has 4 N–H and O–H groups in total. The van der Waals surface area contributed by atoms with Gasteiger partial charge in [-0.25, -0.2) is 0 Å². The van der Waals surface area contributed by atoms with Crippen LogP contribution in [-0.4, -0.2) is 32.7 Å². The van der Waals surface area contributed by atoms with E-state index in [-0.39, 0.29) is 13.2 Å². The molecule has 1 heterocycles. The average molecular weight is 286 g/mol. The number of nitrogens with two attached hydrogens (primary N) is 1. The summed E-state index contributed by atoms with van der Waals surface area (Å²) in [5, 5.41) is 23.1. The number of fused-ring (bicyclic) bond motifs is 1. The minimum absolute atomic E-state index is 0.223. The van der Waals surface area contributed by atoms with Gasteiger partial charge in [-0.05, 0) is 18.2 Å². The van der Waals surface area contributed by atoms with Crippen LogP contribution in [0.3, 0.4) is 0 Å². The van der Waals surface area contributed by atoms with Crippen molar-refractivity contribution in [1.82, 2.24) is 9.78 Å². The molecule has 1 aromatic carbocycles. The van der Waals surface area contributed by atoms with Crippen LogP contribution in [-0.2, 0) is 6.54 Å². The molecule has 0 aliphatic carbocycles. The van der Waals surface area contributed by atoms with Gasteiger partial charge in [0.15, 0.2) is 5.82 Å². The Balaban J connectivity index is 2.48. The van der Waals surface area contributed by atoms with Gasteiger partial charge in [0, 0.05) is 9.86 Å². The molecule has 0 aliphatic heterocycles. The van der Waals surface area contributed by atoms with Crippen molar-refractivity contribution in [2.75, 3.05) is 12.3 Å². The van der Waals surface area contributed by atoms with E-state index in [1.54, 1.807) is 4.68 Å². The van der Waals surface area contributed by atoms with Crippen LogP contribution in [0, 0.1) is 0 Å². The third-order valence-corrected chi connectivity index (χ3v) is 2.83. The first-order chi connectivity index (χ1) is 7.61. The number of hydrogen-bond donors (Lipinski definition) is 3. The molecule has 0 saturated heterocycles. The van der Waals surface area contributed by atoms with Gasteiger partial charge < -0.3 is 15.9 Å². The second-order valence-corrected chi connectivity index (χ2v) is 4.48. The van der Waals surface area contributed by atoms with E-state index in [4.69, 9.17) is 10.8 Å². The molecule has 0 bridgehead atoms. The first-order valence-corrected chi connectivity index (χ1v) is 5.61. The number of aliphatic hydroxyl groups is 2. The smallest absolute Gasteiger partial charge is 0.153 e. The van der Waals surface area contributed by atoms with Crippen molar-refractivity contribution in [2.24, 2.45) is 0 Å².